The van der Waals surface area contributed by atoms with E-state index in [-0.39, 0.29) is 37.0 Å². The molecule has 0 unspecified atom stereocenters. The number of nitrogens with zero attached hydrogens (tertiary/aromatic N) is 2. The predicted octanol–water partition coefficient (Wildman–Crippen LogP) is 3.32. The van der Waals surface area contributed by atoms with Gasteiger partial charge in [-0.2, -0.15) is 13.9 Å². The second-order valence-electron chi connectivity index (χ2n) is 6.48. The van der Waals surface area contributed by atoms with Gasteiger partial charge in [0.25, 0.3) is 0 Å². The second-order valence-corrected chi connectivity index (χ2v) is 6.48. The number of ether oxygens (including phenoxy) is 1. The molecule has 0 saturated carbocycles. The third-order valence-corrected chi connectivity index (χ3v) is 4.40. The highest BCUT2D eigenvalue weighted by Crippen LogP contribution is 2.16. The smallest absolute Gasteiger partial charge is 0.387 e. The summed E-state index contributed by atoms with van der Waals surface area (Å²) in [5, 5.41) is 8.48. The van der Waals surface area contributed by atoms with Crippen LogP contribution in [0.3, 0.4) is 0 Å². The third kappa shape index (κ3) is 6.10. The summed E-state index contributed by atoms with van der Waals surface area (Å²) in [6, 6.07) is 15.7. The van der Waals surface area contributed by atoms with Crippen molar-refractivity contribution in [1.82, 2.24) is 10.3 Å². The molecule has 0 spiro atoms. The SMILES string of the molecule is O=C(CCC(=O)N1CCC(c2ccccc2)=N1)NCc1ccc(OC(F)F)cc1. The van der Waals surface area contributed by atoms with Gasteiger partial charge in [-0.25, -0.2) is 5.01 Å². The fourth-order valence-electron chi connectivity index (χ4n) is 2.90. The zero-order valence-corrected chi connectivity index (χ0v) is 15.7. The largest absolute Gasteiger partial charge is 0.435 e. The first-order valence-electron chi connectivity index (χ1n) is 9.25. The van der Waals surface area contributed by atoms with Crippen molar-refractivity contribution >= 4 is 17.5 Å². The number of benzene rings is 2. The number of hydrogen-bond acceptors (Lipinski definition) is 4. The van der Waals surface area contributed by atoms with Crippen LogP contribution >= 0.6 is 0 Å². The molecular weight excluding hydrogens is 380 g/mol. The summed E-state index contributed by atoms with van der Waals surface area (Å²) in [4.78, 5) is 24.3. The summed E-state index contributed by atoms with van der Waals surface area (Å²) >= 11 is 0. The van der Waals surface area contributed by atoms with E-state index in [0.29, 0.717) is 13.0 Å². The highest BCUT2D eigenvalue weighted by atomic mass is 19.3. The average Bonchev–Trinajstić information content (AvgIpc) is 3.22. The summed E-state index contributed by atoms with van der Waals surface area (Å²) in [6.45, 7) is -2.12. The number of carbonyl (C=O) groups is 2. The molecule has 2 amide bonds. The molecule has 0 aromatic heterocycles. The third-order valence-electron chi connectivity index (χ3n) is 4.40. The molecule has 0 fully saturated rings. The Hall–Kier alpha value is -3.29. The maximum absolute atomic E-state index is 12.3. The summed E-state index contributed by atoms with van der Waals surface area (Å²) in [6.07, 6.45) is 0.809. The van der Waals surface area contributed by atoms with Gasteiger partial charge in [0.15, 0.2) is 0 Å². The van der Waals surface area contributed by atoms with Crippen LogP contribution in [0.1, 0.15) is 30.4 Å². The first-order valence-corrected chi connectivity index (χ1v) is 9.25. The number of hydrazone groups is 1. The molecule has 8 heteroatoms. The Labute approximate surface area is 167 Å². The van der Waals surface area contributed by atoms with Crippen molar-refractivity contribution in [2.75, 3.05) is 6.54 Å². The molecule has 152 valence electrons. The van der Waals surface area contributed by atoms with Crippen molar-refractivity contribution in [2.45, 2.75) is 32.4 Å². The van der Waals surface area contributed by atoms with Gasteiger partial charge in [0.1, 0.15) is 5.75 Å². The Morgan fingerprint density at radius 2 is 1.79 bits per heavy atom. The Bertz CT molecular complexity index is 870. The highest BCUT2D eigenvalue weighted by molar-refractivity contribution is 6.02. The fraction of sp³-hybridized carbons (Fsp3) is 0.286. The zero-order chi connectivity index (χ0) is 20.6. The van der Waals surface area contributed by atoms with E-state index in [1.807, 2.05) is 30.3 Å². The number of amides is 2. The van der Waals surface area contributed by atoms with Crippen LogP contribution in [0.15, 0.2) is 59.7 Å². The number of alkyl halides is 2. The molecule has 2 aromatic rings. The highest BCUT2D eigenvalue weighted by Gasteiger charge is 2.21. The Morgan fingerprint density at radius 1 is 1.07 bits per heavy atom. The van der Waals surface area contributed by atoms with Crippen molar-refractivity contribution in [2.24, 2.45) is 5.10 Å². The molecule has 0 aliphatic carbocycles. The van der Waals surface area contributed by atoms with E-state index in [1.54, 1.807) is 12.1 Å². The lowest BCUT2D eigenvalue weighted by Crippen LogP contribution is -2.27. The van der Waals surface area contributed by atoms with Crippen molar-refractivity contribution in [3.8, 4) is 5.75 Å². The van der Waals surface area contributed by atoms with Crippen LogP contribution in [0.2, 0.25) is 0 Å². The monoisotopic (exact) mass is 401 g/mol. The van der Waals surface area contributed by atoms with Crippen LogP contribution in [-0.2, 0) is 16.1 Å². The van der Waals surface area contributed by atoms with Crippen LogP contribution in [0.5, 0.6) is 5.75 Å². The molecule has 6 nitrogen and oxygen atoms in total. The first kappa shape index (κ1) is 20.4. The van der Waals surface area contributed by atoms with E-state index in [9.17, 15) is 18.4 Å². The Morgan fingerprint density at radius 3 is 2.48 bits per heavy atom. The van der Waals surface area contributed by atoms with E-state index in [2.05, 4.69) is 15.2 Å². The van der Waals surface area contributed by atoms with Crippen LogP contribution in [-0.4, -0.2) is 35.7 Å². The molecule has 0 radical (unpaired) electrons. The minimum absolute atomic E-state index is 0.0537. The van der Waals surface area contributed by atoms with Gasteiger partial charge >= 0.3 is 6.61 Å². The fourth-order valence-corrected chi connectivity index (χ4v) is 2.90. The van der Waals surface area contributed by atoms with E-state index < -0.39 is 6.61 Å². The molecule has 0 saturated heterocycles. The Balaban J connectivity index is 1.41. The maximum atomic E-state index is 12.3. The van der Waals surface area contributed by atoms with E-state index >= 15 is 0 Å². The molecule has 0 atom stereocenters. The van der Waals surface area contributed by atoms with Gasteiger partial charge in [-0.05, 0) is 23.3 Å². The molecular formula is C21H21F2N3O3. The van der Waals surface area contributed by atoms with Crippen molar-refractivity contribution < 1.29 is 23.1 Å². The lowest BCUT2D eigenvalue weighted by atomic mass is 10.1. The molecule has 29 heavy (non-hydrogen) atoms. The molecule has 3 rings (SSSR count). The molecule has 0 bridgehead atoms. The van der Waals surface area contributed by atoms with Crippen LogP contribution in [0.4, 0.5) is 8.78 Å². The van der Waals surface area contributed by atoms with Gasteiger partial charge in [0.05, 0.1) is 12.3 Å². The number of rotatable bonds is 8. The van der Waals surface area contributed by atoms with Gasteiger partial charge in [-0.3, -0.25) is 9.59 Å². The van der Waals surface area contributed by atoms with Crippen molar-refractivity contribution in [3.05, 3.63) is 65.7 Å². The molecule has 1 heterocycles. The number of nitrogens with one attached hydrogen (secondary N) is 1. The van der Waals surface area contributed by atoms with Crippen LogP contribution < -0.4 is 10.1 Å². The van der Waals surface area contributed by atoms with Crippen LogP contribution in [0.25, 0.3) is 0 Å². The number of carbonyl (C=O) groups excluding carboxylic acids is 2. The first-order chi connectivity index (χ1) is 14.0. The standard InChI is InChI=1S/C21H21F2N3O3/c22-21(23)29-17-8-6-15(7-9-17)14-24-19(27)10-11-20(28)26-13-12-18(25-26)16-4-2-1-3-5-16/h1-9,21H,10-14H2,(H,24,27). The molecule has 1 aliphatic heterocycles. The minimum atomic E-state index is -2.87. The van der Waals surface area contributed by atoms with Gasteiger partial charge in [-0.15, -0.1) is 0 Å². The van der Waals surface area contributed by atoms with Gasteiger partial charge in [-0.1, -0.05) is 42.5 Å². The van der Waals surface area contributed by atoms with Crippen molar-refractivity contribution in [1.29, 1.82) is 0 Å². The molecule has 2 aromatic carbocycles. The number of hydrogen-bond donors (Lipinski definition) is 1. The lowest BCUT2D eigenvalue weighted by molar-refractivity contribution is -0.133. The topological polar surface area (TPSA) is 71.0 Å². The summed E-state index contributed by atoms with van der Waals surface area (Å²) < 4.78 is 28.5. The zero-order valence-electron chi connectivity index (χ0n) is 15.7. The molecule has 1 N–H and O–H groups in total. The van der Waals surface area contributed by atoms with Crippen molar-refractivity contribution in [3.63, 3.8) is 0 Å². The van der Waals surface area contributed by atoms with Gasteiger partial charge < -0.3 is 10.1 Å². The van der Waals surface area contributed by atoms with E-state index in [1.165, 1.54) is 17.1 Å². The minimum Gasteiger partial charge on any atom is -0.435 e. The van der Waals surface area contributed by atoms with E-state index in [4.69, 9.17) is 0 Å². The van der Waals surface area contributed by atoms with E-state index in [0.717, 1.165) is 16.8 Å². The number of halogens is 2. The summed E-state index contributed by atoms with van der Waals surface area (Å²) in [5.41, 5.74) is 2.59. The van der Waals surface area contributed by atoms with Crippen LogP contribution in [0, 0.1) is 0 Å². The Kier molecular flexibility index (Phi) is 6.89. The maximum Gasteiger partial charge on any atom is 0.387 e. The normalized spacial score (nSPS) is 13.3. The summed E-state index contributed by atoms with van der Waals surface area (Å²) in [5.74, 6) is -0.404. The average molecular weight is 401 g/mol. The quantitative estimate of drug-likeness (QED) is 0.738. The molecule has 1 aliphatic rings. The lowest BCUT2D eigenvalue weighted by Gasteiger charge is -2.11. The van der Waals surface area contributed by atoms with Gasteiger partial charge in [0.2, 0.25) is 11.8 Å². The second kappa shape index (κ2) is 9.77. The summed E-state index contributed by atoms with van der Waals surface area (Å²) in [7, 11) is 0. The van der Waals surface area contributed by atoms with Gasteiger partial charge in [0, 0.05) is 25.8 Å². The predicted molar refractivity (Wildman–Crippen MR) is 103 cm³/mol.